The minimum atomic E-state index is -1.67. The molecule has 0 bridgehead atoms. The maximum Gasteiger partial charge on any atom is 0.258 e. The van der Waals surface area contributed by atoms with E-state index in [-0.39, 0.29) is 6.04 Å². The molecule has 0 radical (unpaired) electrons. The normalized spacial score (nSPS) is 23.4. The van der Waals surface area contributed by atoms with Gasteiger partial charge in [-0.3, -0.25) is 0 Å². The van der Waals surface area contributed by atoms with E-state index >= 15 is 0 Å². The summed E-state index contributed by atoms with van der Waals surface area (Å²) >= 11 is 0. The number of ether oxygens (including phenoxy) is 2. The van der Waals surface area contributed by atoms with E-state index in [4.69, 9.17) is 18.5 Å². The van der Waals surface area contributed by atoms with Crippen molar-refractivity contribution in [2.24, 2.45) is 0 Å². The van der Waals surface area contributed by atoms with E-state index in [1.54, 1.807) is 0 Å². The Morgan fingerprint density at radius 3 is 1.12 bits per heavy atom. The lowest BCUT2D eigenvalue weighted by atomic mass is 9.72. The van der Waals surface area contributed by atoms with Gasteiger partial charge in [-0.2, -0.15) is 0 Å². The second kappa shape index (κ2) is 10.8. The summed E-state index contributed by atoms with van der Waals surface area (Å²) in [6, 6.07) is 41.5. The smallest absolute Gasteiger partial charge is 0.258 e. The van der Waals surface area contributed by atoms with Crippen LogP contribution in [-0.2, 0) is 29.7 Å². The van der Waals surface area contributed by atoms with E-state index in [2.05, 4.69) is 67.5 Å². The van der Waals surface area contributed by atoms with Gasteiger partial charge in [0.1, 0.15) is 12.2 Å². The SMILES string of the molecule is CC(C)NP1OC(c2ccccc2)(c2ccccc2)[C@@H]2OC(C)(C)O[C@H]2C(c2ccccc2)(c2ccccc2)O1. The highest BCUT2D eigenvalue weighted by Crippen LogP contribution is 2.63. The number of benzene rings is 4. The molecule has 0 unspecified atom stereocenters. The van der Waals surface area contributed by atoms with Crippen LogP contribution in [0.3, 0.4) is 0 Å². The van der Waals surface area contributed by atoms with Crippen LogP contribution in [-0.4, -0.2) is 24.0 Å². The Morgan fingerprint density at radius 2 is 0.850 bits per heavy atom. The van der Waals surface area contributed by atoms with Crippen molar-refractivity contribution in [1.82, 2.24) is 5.09 Å². The molecule has 4 aromatic rings. The minimum Gasteiger partial charge on any atom is -0.341 e. The van der Waals surface area contributed by atoms with Gasteiger partial charge in [0.05, 0.1) is 0 Å². The number of rotatable bonds is 6. The largest absolute Gasteiger partial charge is 0.341 e. The van der Waals surface area contributed by atoms with Crippen LogP contribution in [0.4, 0.5) is 0 Å². The van der Waals surface area contributed by atoms with Crippen molar-refractivity contribution in [2.45, 2.75) is 62.9 Å². The zero-order valence-corrected chi connectivity index (χ0v) is 24.3. The topological polar surface area (TPSA) is 49.0 Å². The third-order valence-corrected chi connectivity index (χ3v) is 9.16. The van der Waals surface area contributed by atoms with Crippen LogP contribution in [0.25, 0.3) is 0 Å². The molecule has 4 aromatic carbocycles. The van der Waals surface area contributed by atoms with Crippen LogP contribution in [0, 0.1) is 0 Å². The summed E-state index contributed by atoms with van der Waals surface area (Å²) in [7, 11) is -1.67. The van der Waals surface area contributed by atoms with Crippen LogP contribution >= 0.6 is 8.53 Å². The fraction of sp³-hybridized carbons (Fsp3) is 0.294. The first-order valence-corrected chi connectivity index (χ1v) is 15.1. The van der Waals surface area contributed by atoms with E-state index in [1.807, 2.05) is 86.6 Å². The van der Waals surface area contributed by atoms with E-state index in [0.29, 0.717) is 0 Å². The monoisotopic (exact) mass is 553 g/mol. The first kappa shape index (κ1) is 27.3. The van der Waals surface area contributed by atoms with Gasteiger partial charge < -0.3 is 18.5 Å². The lowest BCUT2D eigenvalue weighted by Crippen LogP contribution is -2.53. The fourth-order valence-corrected chi connectivity index (χ4v) is 7.66. The Balaban J connectivity index is 1.70. The quantitative estimate of drug-likeness (QED) is 0.248. The van der Waals surface area contributed by atoms with E-state index < -0.39 is 37.7 Å². The molecule has 0 aliphatic carbocycles. The fourth-order valence-electron chi connectivity index (χ4n) is 5.95. The molecule has 6 heteroatoms. The van der Waals surface area contributed by atoms with E-state index in [1.165, 1.54) is 0 Å². The average molecular weight is 554 g/mol. The van der Waals surface area contributed by atoms with Gasteiger partial charge in [-0.1, -0.05) is 121 Å². The van der Waals surface area contributed by atoms with Gasteiger partial charge in [0.2, 0.25) is 0 Å². The van der Waals surface area contributed by atoms with Crippen LogP contribution in [0.5, 0.6) is 0 Å². The maximum absolute atomic E-state index is 7.31. The summed E-state index contributed by atoms with van der Waals surface area (Å²) in [4.78, 5) is 0. The zero-order chi connectivity index (χ0) is 27.8. The molecule has 6 rings (SSSR count). The summed E-state index contributed by atoms with van der Waals surface area (Å²) in [5.41, 5.74) is 1.87. The number of hydrogen-bond acceptors (Lipinski definition) is 5. The number of hydrogen-bond donors (Lipinski definition) is 1. The predicted molar refractivity (Wildman–Crippen MR) is 159 cm³/mol. The van der Waals surface area contributed by atoms with Gasteiger partial charge in [-0.15, -0.1) is 0 Å². The molecule has 0 amide bonds. The van der Waals surface area contributed by atoms with Gasteiger partial charge in [-0.05, 0) is 49.9 Å². The second-order valence-electron chi connectivity index (χ2n) is 11.1. The van der Waals surface area contributed by atoms with Gasteiger partial charge in [0.15, 0.2) is 17.0 Å². The van der Waals surface area contributed by atoms with Crippen LogP contribution in [0.1, 0.15) is 49.9 Å². The van der Waals surface area contributed by atoms with Crippen LogP contribution in [0.15, 0.2) is 121 Å². The standard InChI is InChI=1S/C34H36NO4P/c1-25(2)35-40-38-33(26-17-9-5-10-18-26,27-19-11-6-12-20-27)30-31(37-32(3,4)36-30)34(39-40,28-21-13-7-14-22-28)29-23-15-8-16-24-29/h5-25,30-31,35H,1-4H3/t30-,31-/m1/s1. The molecule has 206 valence electrons. The Hall–Kier alpha value is -2.89. The molecular weight excluding hydrogens is 517 g/mol. The molecule has 2 saturated heterocycles. The van der Waals surface area contributed by atoms with Crippen molar-refractivity contribution in [3.05, 3.63) is 144 Å². The van der Waals surface area contributed by atoms with E-state index in [9.17, 15) is 0 Å². The molecule has 0 saturated carbocycles. The highest BCUT2D eigenvalue weighted by atomic mass is 31.2. The van der Waals surface area contributed by atoms with Gasteiger partial charge >= 0.3 is 0 Å². The Kier molecular flexibility index (Phi) is 7.39. The van der Waals surface area contributed by atoms with E-state index in [0.717, 1.165) is 22.3 Å². The summed E-state index contributed by atoms with van der Waals surface area (Å²) < 4.78 is 28.6. The lowest BCUT2D eigenvalue weighted by molar-refractivity contribution is -0.174. The second-order valence-corrected chi connectivity index (χ2v) is 12.3. The molecule has 2 heterocycles. The maximum atomic E-state index is 7.31. The van der Waals surface area contributed by atoms with Crippen molar-refractivity contribution in [2.75, 3.05) is 0 Å². The molecule has 0 spiro atoms. The molecule has 2 atom stereocenters. The van der Waals surface area contributed by atoms with Gasteiger partial charge in [0.25, 0.3) is 8.53 Å². The highest BCUT2D eigenvalue weighted by Gasteiger charge is 2.67. The molecule has 0 aromatic heterocycles. The average Bonchev–Trinajstić information content (AvgIpc) is 3.26. The van der Waals surface area contributed by atoms with Crippen molar-refractivity contribution in [3.8, 4) is 0 Å². The predicted octanol–water partition coefficient (Wildman–Crippen LogP) is 7.67. The molecule has 2 fully saturated rings. The number of fused-ring (bicyclic) bond motifs is 1. The van der Waals surface area contributed by atoms with Crippen molar-refractivity contribution in [1.29, 1.82) is 0 Å². The van der Waals surface area contributed by atoms with Gasteiger partial charge in [0, 0.05) is 6.04 Å². The highest BCUT2D eigenvalue weighted by molar-refractivity contribution is 7.45. The molecule has 5 nitrogen and oxygen atoms in total. The number of nitrogens with one attached hydrogen (secondary N) is 1. The van der Waals surface area contributed by atoms with Crippen molar-refractivity contribution < 1.29 is 18.5 Å². The minimum absolute atomic E-state index is 0.107. The molecular formula is C34H36NO4P. The van der Waals surface area contributed by atoms with Crippen molar-refractivity contribution >= 4 is 8.53 Å². The first-order valence-electron chi connectivity index (χ1n) is 13.9. The van der Waals surface area contributed by atoms with Crippen LogP contribution < -0.4 is 5.09 Å². The molecule has 1 N–H and O–H groups in total. The summed E-state index contributed by atoms with van der Waals surface area (Å²) in [5.74, 6) is -0.892. The molecule has 2 aliphatic heterocycles. The van der Waals surface area contributed by atoms with Crippen LogP contribution in [0.2, 0.25) is 0 Å². The summed E-state index contributed by atoms with van der Waals surface area (Å²) in [6.07, 6.45) is -1.12. The Bertz CT molecular complexity index is 1220. The Morgan fingerprint density at radius 1 is 0.550 bits per heavy atom. The third-order valence-electron chi connectivity index (χ3n) is 7.53. The molecule has 2 aliphatic rings. The van der Waals surface area contributed by atoms with Crippen molar-refractivity contribution in [3.63, 3.8) is 0 Å². The zero-order valence-electron chi connectivity index (χ0n) is 23.4. The summed E-state index contributed by atoms with van der Waals surface area (Å²) in [6.45, 7) is 8.16. The summed E-state index contributed by atoms with van der Waals surface area (Å²) in [5, 5.41) is 3.63. The van der Waals surface area contributed by atoms with Gasteiger partial charge in [-0.25, -0.2) is 5.09 Å². The lowest BCUT2D eigenvalue weighted by Gasteiger charge is -2.41. The Labute approximate surface area is 238 Å². The third kappa shape index (κ3) is 4.71. The molecule has 40 heavy (non-hydrogen) atoms. The first-order chi connectivity index (χ1) is 19.3.